The van der Waals surface area contributed by atoms with Gasteiger partial charge in [-0.15, -0.1) is 0 Å². The van der Waals surface area contributed by atoms with Gasteiger partial charge in [-0.25, -0.2) is 18.7 Å². The fourth-order valence-electron chi connectivity index (χ4n) is 2.29. The number of carboxylic acids is 1. The van der Waals surface area contributed by atoms with Crippen LogP contribution in [0.25, 0.3) is 11.6 Å². The molecule has 4 N–H and O–H groups in total. The third kappa shape index (κ3) is 7.07. The standard InChI is InChI=1S/C17H16O10P2/c1-11(13-5-3-6-14(10-13)16(18)19)8-12-4-2-7-15(9-12)17(20)26-29(24,25)27-28(21,22)23/h2-10H,1H3,(H,18,19)(H,24,25)(H2,21,22,23). The molecule has 0 saturated carbocycles. The van der Waals surface area contributed by atoms with Gasteiger partial charge in [0.05, 0.1) is 11.1 Å². The molecule has 0 aliphatic heterocycles. The Kier molecular flexibility index (Phi) is 6.92. The molecule has 0 amide bonds. The van der Waals surface area contributed by atoms with Crippen LogP contribution in [0, 0.1) is 0 Å². The van der Waals surface area contributed by atoms with Crippen molar-refractivity contribution in [3.8, 4) is 0 Å². The highest BCUT2D eigenvalue weighted by Gasteiger charge is 2.35. The zero-order valence-corrected chi connectivity index (χ0v) is 16.6. The molecule has 2 aromatic rings. The van der Waals surface area contributed by atoms with Crippen LogP contribution < -0.4 is 0 Å². The summed E-state index contributed by atoms with van der Waals surface area (Å²) in [4.78, 5) is 49.5. The smallest absolute Gasteiger partial charge is 0.478 e. The molecule has 0 spiro atoms. The van der Waals surface area contributed by atoms with E-state index in [0.29, 0.717) is 16.7 Å². The van der Waals surface area contributed by atoms with E-state index >= 15 is 0 Å². The molecule has 0 aliphatic carbocycles. The lowest BCUT2D eigenvalue weighted by molar-refractivity contribution is 0.0669. The molecule has 0 fully saturated rings. The van der Waals surface area contributed by atoms with Gasteiger partial charge in [0.15, 0.2) is 0 Å². The first-order valence-corrected chi connectivity index (χ1v) is 10.8. The number of hydrogen-bond donors (Lipinski definition) is 4. The number of aromatic carboxylic acids is 1. The monoisotopic (exact) mass is 442 g/mol. The summed E-state index contributed by atoms with van der Waals surface area (Å²) < 4.78 is 29.9. The quantitative estimate of drug-likeness (QED) is 0.369. The van der Waals surface area contributed by atoms with Gasteiger partial charge in [0.2, 0.25) is 0 Å². The summed E-state index contributed by atoms with van der Waals surface area (Å²) in [5.41, 5.74) is 1.73. The Morgan fingerprint density at radius 2 is 1.52 bits per heavy atom. The van der Waals surface area contributed by atoms with E-state index in [1.54, 1.807) is 31.2 Å². The third-order valence-electron chi connectivity index (χ3n) is 3.48. The van der Waals surface area contributed by atoms with Crippen LogP contribution in [0.1, 0.15) is 38.8 Å². The van der Waals surface area contributed by atoms with Crippen molar-refractivity contribution in [2.45, 2.75) is 6.92 Å². The van der Waals surface area contributed by atoms with Gasteiger partial charge in [0.1, 0.15) is 0 Å². The summed E-state index contributed by atoms with van der Waals surface area (Å²) in [6, 6.07) is 11.9. The molecule has 0 aromatic heterocycles. The van der Waals surface area contributed by atoms with Crippen molar-refractivity contribution in [1.82, 2.24) is 0 Å². The molecule has 0 radical (unpaired) electrons. The molecule has 2 aromatic carbocycles. The summed E-state index contributed by atoms with van der Waals surface area (Å²) in [7, 11) is -10.7. The van der Waals surface area contributed by atoms with Crippen molar-refractivity contribution in [1.29, 1.82) is 0 Å². The second-order valence-corrected chi connectivity index (χ2v) is 8.51. The molecule has 29 heavy (non-hydrogen) atoms. The lowest BCUT2D eigenvalue weighted by Gasteiger charge is -2.12. The number of phosphoric acid groups is 2. The molecular weight excluding hydrogens is 426 g/mol. The van der Waals surface area contributed by atoms with E-state index in [2.05, 4.69) is 8.83 Å². The Balaban J connectivity index is 2.25. The van der Waals surface area contributed by atoms with Gasteiger partial charge >= 0.3 is 27.6 Å². The van der Waals surface area contributed by atoms with Gasteiger partial charge in [-0.1, -0.05) is 30.3 Å². The number of rotatable bonds is 7. The van der Waals surface area contributed by atoms with Crippen LogP contribution in [0.3, 0.4) is 0 Å². The van der Waals surface area contributed by atoms with E-state index in [9.17, 15) is 23.6 Å². The summed E-state index contributed by atoms with van der Waals surface area (Å²) in [6.07, 6.45) is 1.64. The van der Waals surface area contributed by atoms with E-state index in [1.807, 2.05) is 0 Å². The van der Waals surface area contributed by atoms with E-state index in [0.717, 1.165) is 0 Å². The molecular formula is C17H16O10P2. The molecule has 0 saturated heterocycles. The highest BCUT2D eigenvalue weighted by Crippen LogP contribution is 2.57. The van der Waals surface area contributed by atoms with Crippen LogP contribution in [0.15, 0.2) is 48.5 Å². The number of phosphoric ester groups is 1. The molecule has 12 heteroatoms. The van der Waals surface area contributed by atoms with Crippen LogP contribution >= 0.6 is 15.6 Å². The van der Waals surface area contributed by atoms with Gasteiger partial charge in [-0.05, 0) is 47.9 Å². The van der Waals surface area contributed by atoms with Gasteiger partial charge < -0.3 is 19.4 Å². The van der Waals surface area contributed by atoms with Crippen molar-refractivity contribution >= 4 is 39.2 Å². The summed E-state index contributed by atoms with van der Waals surface area (Å²) in [5, 5.41) is 9.07. The van der Waals surface area contributed by atoms with Gasteiger partial charge in [0, 0.05) is 0 Å². The highest BCUT2D eigenvalue weighted by molar-refractivity contribution is 7.61. The number of allylic oxidation sites excluding steroid dienone is 1. The van der Waals surface area contributed by atoms with Crippen molar-refractivity contribution in [3.05, 3.63) is 70.8 Å². The third-order valence-corrected chi connectivity index (χ3v) is 5.55. The Bertz CT molecular complexity index is 1070. The first-order chi connectivity index (χ1) is 13.4. The van der Waals surface area contributed by atoms with Gasteiger partial charge in [0.25, 0.3) is 0 Å². The average Bonchev–Trinajstić information content (AvgIpc) is 2.59. The molecule has 154 valence electrons. The minimum absolute atomic E-state index is 0.108. The minimum Gasteiger partial charge on any atom is -0.478 e. The van der Waals surface area contributed by atoms with Crippen LogP contribution in [-0.2, 0) is 18.0 Å². The van der Waals surface area contributed by atoms with Crippen molar-refractivity contribution in [2.75, 3.05) is 0 Å². The Hall–Kier alpha value is -2.58. The Morgan fingerprint density at radius 3 is 2.14 bits per heavy atom. The lowest BCUT2D eigenvalue weighted by atomic mass is 10.0. The topological polar surface area (TPSA) is 168 Å². The van der Waals surface area contributed by atoms with Crippen molar-refractivity contribution in [2.24, 2.45) is 0 Å². The van der Waals surface area contributed by atoms with Crippen LogP contribution in [0.2, 0.25) is 0 Å². The molecule has 0 aliphatic rings. The summed E-state index contributed by atoms with van der Waals surface area (Å²) in [5.74, 6) is -2.40. The van der Waals surface area contributed by atoms with E-state index in [1.165, 1.54) is 30.3 Å². The van der Waals surface area contributed by atoms with Crippen LogP contribution in [0.4, 0.5) is 0 Å². The predicted molar refractivity (Wildman–Crippen MR) is 102 cm³/mol. The van der Waals surface area contributed by atoms with E-state index < -0.39 is 27.6 Å². The summed E-state index contributed by atoms with van der Waals surface area (Å²) in [6.45, 7) is 1.72. The molecule has 0 bridgehead atoms. The molecule has 1 unspecified atom stereocenters. The number of carbonyl (C=O) groups excluding carboxylic acids is 1. The van der Waals surface area contributed by atoms with Crippen LogP contribution in [0.5, 0.6) is 0 Å². The number of hydrogen-bond acceptors (Lipinski definition) is 6. The Labute approximate surface area is 164 Å². The lowest BCUT2D eigenvalue weighted by Crippen LogP contribution is -2.05. The van der Waals surface area contributed by atoms with Crippen molar-refractivity contribution < 1.29 is 47.3 Å². The fraction of sp³-hybridized carbons (Fsp3) is 0.0588. The second kappa shape index (κ2) is 8.84. The minimum atomic E-state index is -5.35. The van der Waals surface area contributed by atoms with Gasteiger partial charge in [-0.2, -0.15) is 4.31 Å². The van der Waals surface area contributed by atoms with Crippen molar-refractivity contribution in [3.63, 3.8) is 0 Å². The normalized spacial score (nSPS) is 14.1. The first kappa shape index (κ1) is 22.7. The zero-order chi connectivity index (χ0) is 21.8. The molecule has 0 heterocycles. The van der Waals surface area contributed by atoms with Crippen LogP contribution in [-0.4, -0.2) is 31.7 Å². The molecule has 1 atom stereocenters. The number of carboxylic acid groups (broad SMARTS) is 1. The summed E-state index contributed by atoms with van der Waals surface area (Å²) >= 11 is 0. The average molecular weight is 442 g/mol. The zero-order valence-electron chi connectivity index (χ0n) is 14.8. The largest absolute Gasteiger partial charge is 0.538 e. The number of carbonyl (C=O) groups is 2. The Morgan fingerprint density at radius 1 is 0.931 bits per heavy atom. The predicted octanol–water partition coefficient (Wildman–Crippen LogP) is 3.31. The van der Waals surface area contributed by atoms with E-state index in [4.69, 9.17) is 14.9 Å². The second-order valence-electron chi connectivity index (χ2n) is 5.76. The molecule has 2 rings (SSSR count). The SMILES string of the molecule is CC(=Cc1cccc(C(=O)OP(=O)(O)OP(=O)(O)O)c1)c1cccc(C(=O)O)c1. The van der Waals surface area contributed by atoms with E-state index in [-0.39, 0.29) is 11.1 Å². The highest BCUT2D eigenvalue weighted by atomic mass is 31.3. The maximum absolute atomic E-state index is 12.0. The number of benzene rings is 2. The fourth-order valence-corrected chi connectivity index (χ4v) is 3.82. The maximum Gasteiger partial charge on any atom is 0.538 e. The molecule has 10 nitrogen and oxygen atoms in total. The first-order valence-electron chi connectivity index (χ1n) is 7.82. The van der Waals surface area contributed by atoms with Gasteiger partial charge in [-0.3, -0.25) is 4.89 Å². The maximum atomic E-state index is 12.0.